The lowest BCUT2D eigenvalue weighted by atomic mass is 10.2. The summed E-state index contributed by atoms with van der Waals surface area (Å²) in [6, 6.07) is 24.4. The summed E-state index contributed by atoms with van der Waals surface area (Å²) in [4.78, 5) is 24.8. The number of nitrogens with zero attached hydrogens (tertiary/aromatic N) is 2. The summed E-state index contributed by atoms with van der Waals surface area (Å²) < 4.78 is 7.42. The van der Waals surface area contributed by atoms with Crippen molar-refractivity contribution >= 4 is 29.7 Å². The fraction of sp³-hybridized carbons (Fsp3) is 0. The number of nitrogens with one attached hydrogen (secondary N) is 1. The second-order valence-corrected chi connectivity index (χ2v) is 7.21. The van der Waals surface area contributed by atoms with Crippen LogP contribution in [0.2, 0.25) is 5.02 Å². The highest BCUT2D eigenvalue weighted by molar-refractivity contribution is 6.30. The molecule has 0 aliphatic carbocycles. The highest BCUT2D eigenvalue weighted by Gasteiger charge is 2.11. The number of hydrazone groups is 1. The Bertz CT molecular complexity index is 1270. The van der Waals surface area contributed by atoms with Crippen molar-refractivity contribution in [2.24, 2.45) is 5.10 Å². The van der Waals surface area contributed by atoms with E-state index in [-0.39, 0.29) is 5.91 Å². The SMILES string of the molecule is O=C(N/N=C/c1ccccc1OC(=O)c1cccc(Cl)c1)c1ccc(-n2cccc2)cc1. The molecule has 0 spiro atoms. The van der Waals surface area contributed by atoms with Crippen LogP contribution in [-0.4, -0.2) is 22.7 Å². The van der Waals surface area contributed by atoms with Crippen molar-refractivity contribution in [2.75, 3.05) is 0 Å². The van der Waals surface area contributed by atoms with Crippen molar-refractivity contribution in [3.8, 4) is 11.4 Å². The third-order valence-electron chi connectivity index (χ3n) is 4.58. The number of amides is 1. The van der Waals surface area contributed by atoms with Gasteiger partial charge in [0.25, 0.3) is 5.91 Å². The molecule has 4 aromatic rings. The Hall–Kier alpha value is -4.16. The third kappa shape index (κ3) is 5.11. The molecule has 7 heteroatoms. The van der Waals surface area contributed by atoms with Crippen LogP contribution in [0.25, 0.3) is 5.69 Å². The van der Waals surface area contributed by atoms with Gasteiger partial charge in [-0.3, -0.25) is 4.79 Å². The molecule has 0 bridgehead atoms. The predicted molar refractivity (Wildman–Crippen MR) is 124 cm³/mol. The van der Waals surface area contributed by atoms with Gasteiger partial charge >= 0.3 is 5.97 Å². The number of ether oxygens (including phenoxy) is 1. The van der Waals surface area contributed by atoms with Crippen LogP contribution >= 0.6 is 11.6 Å². The van der Waals surface area contributed by atoms with Gasteiger partial charge in [0.2, 0.25) is 0 Å². The van der Waals surface area contributed by atoms with Crippen LogP contribution in [0.15, 0.2) is 102 Å². The second kappa shape index (κ2) is 9.76. The Labute approximate surface area is 189 Å². The standard InChI is InChI=1S/C25H18ClN3O3/c26-21-8-5-7-19(16-21)25(31)32-23-9-2-1-6-20(23)17-27-28-24(30)18-10-12-22(13-11-18)29-14-3-4-15-29/h1-17H,(H,28,30)/b27-17+. The molecule has 1 amide bonds. The van der Waals surface area contributed by atoms with E-state index in [0.29, 0.717) is 27.5 Å². The van der Waals surface area contributed by atoms with E-state index in [1.807, 2.05) is 41.2 Å². The molecule has 0 saturated heterocycles. The number of aromatic nitrogens is 1. The smallest absolute Gasteiger partial charge is 0.343 e. The first-order valence-electron chi connectivity index (χ1n) is 9.74. The molecule has 6 nitrogen and oxygen atoms in total. The average Bonchev–Trinajstić information content (AvgIpc) is 3.35. The Kier molecular flexibility index (Phi) is 6.43. The maximum Gasteiger partial charge on any atom is 0.343 e. The number of carbonyl (C=O) groups excluding carboxylic acids is 2. The highest BCUT2D eigenvalue weighted by Crippen LogP contribution is 2.19. The molecule has 0 atom stereocenters. The lowest BCUT2D eigenvalue weighted by molar-refractivity contribution is 0.0734. The van der Waals surface area contributed by atoms with Crippen molar-refractivity contribution in [3.63, 3.8) is 0 Å². The van der Waals surface area contributed by atoms with E-state index in [2.05, 4.69) is 10.5 Å². The number of halogens is 1. The van der Waals surface area contributed by atoms with Gasteiger partial charge in [0, 0.05) is 34.2 Å². The molecule has 1 aromatic heterocycles. The lowest BCUT2D eigenvalue weighted by Crippen LogP contribution is -2.17. The summed E-state index contributed by atoms with van der Waals surface area (Å²) in [6.45, 7) is 0. The largest absolute Gasteiger partial charge is 0.422 e. The first kappa shape index (κ1) is 21.1. The zero-order chi connectivity index (χ0) is 22.3. The topological polar surface area (TPSA) is 72.7 Å². The monoisotopic (exact) mass is 443 g/mol. The molecular weight excluding hydrogens is 426 g/mol. The minimum absolute atomic E-state index is 0.312. The minimum Gasteiger partial charge on any atom is -0.422 e. The molecule has 158 valence electrons. The molecule has 0 aliphatic heterocycles. The molecule has 32 heavy (non-hydrogen) atoms. The van der Waals surface area contributed by atoms with E-state index in [4.69, 9.17) is 16.3 Å². The van der Waals surface area contributed by atoms with Gasteiger partial charge < -0.3 is 9.30 Å². The summed E-state index contributed by atoms with van der Waals surface area (Å²) in [5, 5.41) is 4.45. The van der Waals surface area contributed by atoms with Crippen molar-refractivity contribution in [2.45, 2.75) is 0 Å². The van der Waals surface area contributed by atoms with Gasteiger partial charge in [-0.15, -0.1) is 0 Å². The van der Waals surface area contributed by atoms with Crippen molar-refractivity contribution in [3.05, 3.63) is 119 Å². The van der Waals surface area contributed by atoms with Crippen LogP contribution in [0.4, 0.5) is 0 Å². The molecule has 0 saturated carbocycles. The quantitative estimate of drug-likeness (QED) is 0.195. The summed E-state index contributed by atoms with van der Waals surface area (Å²) in [5.74, 6) is -0.583. The Morgan fingerprint density at radius 1 is 0.875 bits per heavy atom. The molecule has 1 heterocycles. The summed E-state index contributed by atoms with van der Waals surface area (Å²) in [6.07, 6.45) is 5.28. The van der Waals surface area contributed by atoms with E-state index in [1.54, 1.807) is 54.6 Å². The number of esters is 1. The maximum atomic E-state index is 12.4. The predicted octanol–water partition coefficient (Wildman–Crippen LogP) is 5.11. The van der Waals surface area contributed by atoms with Crippen LogP contribution in [0.1, 0.15) is 26.3 Å². The summed E-state index contributed by atoms with van der Waals surface area (Å²) in [7, 11) is 0. The Balaban J connectivity index is 1.41. The molecule has 0 fully saturated rings. The molecule has 0 aliphatic rings. The molecule has 0 radical (unpaired) electrons. The number of hydrogen-bond acceptors (Lipinski definition) is 4. The lowest BCUT2D eigenvalue weighted by Gasteiger charge is -2.07. The third-order valence-corrected chi connectivity index (χ3v) is 4.82. The zero-order valence-electron chi connectivity index (χ0n) is 16.8. The fourth-order valence-corrected chi connectivity index (χ4v) is 3.16. The Morgan fingerprint density at radius 2 is 1.62 bits per heavy atom. The Morgan fingerprint density at radius 3 is 2.38 bits per heavy atom. The number of hydrogen-bond donors (Lipinski definition) is 1. The maximum absolute atomic E-state index is 12.4. The first-order chi connectivity index (χ1) is 15.6. The van der Waals surface area contributed by atoms with Crippen LogP contribution in [-0.2, 0) is 0 Å². The molecular formula is C25H18ClN3O3. The van der Waals surface area contributed by atoms with Crippen molar-refractivity contribution in [1.29, 1.82) is 0 Å². The van der Waals surface area contributed by atoms with E-state index >= 15 is 0 Å². The van der Waals surface area contributed by atoms with Gasteiger partial charge in [0.1, 0.15) is 5.75 Å². The molecule has 3 aromatic carbocycles. The van der Waals surface area contributed by atoms with Gasteiger partial charge in [0.05, 0.1) is 11.8 Å². The fourth-order valence-electron chi connectivity index (χ4n) is 2.97. The van der Waals surface area contributed by atoms with Crippen molar-refractivity contribution in [1.82, 2.24) is 9.99 Å². The normalized spacial score (nSPS) is 10.8. The van der Waals surface area contributed by atoms with Crippen LogP contribution in [0.5, 0.6) is 5.75 Å². The van der Waals surface area contributed by atoms with Gasteiger partial charge in [-0.25, -0.2) is 10.2 Å². The van der Waals surface area contributed by atoms with E-state index in [9.17, 15) is 9.59 Å². The van der Waals surface area contributed by atoms with Gasteiger partial charge in [0.15, 0.2) is 0 Å². The van der Waals surface area contributed by atoms with Gasteiger partial charge in [-0.05, 0) is 66.7 Å². The highest BCUT2D eigenvalue weighted by atomic mass is 35.5. The number of para-hydroxylation sites is 1. The number of rotatable bonds is 6. The van der Waals surface area contributed by atoms with Crippen molar-refractivity contribution < 1.29 is 14.3 Å². The molecule has 1 N–H and O–H groups in total. The van der Waals surface area contributed by atoms with E-state index in [0.717, 1.165) is 5.69 Å². The van der Waals surface area contributed by atoms with E-state index in [1.165, 1.54) is 12.3 Å². The van der Waals surface area contributed by atoms with Crippen LogP contribution < -0.4 is 10.2 Å². The number of carbonyl (C=O) groups is 2. The average molecular weight is 444 g/mol. The van der Waals surface area contributed by atoms with Gasteiger partial charge in [-0.2, -0.15) is 5.10 Å². The molecule has 0 unspecified atom stereocenters. The first-order valence-corrected chi connectivity index (χ1v) is 10.1. The second-order valence-electron chi connectivity index (χ2n) is 6.77. The van der Waals surface area contributed by atoms with E-state index < -0.39 is 5.97 Å². The zero-order valence-corrected chi connectivity index (χ0v) is 17.6. The van der Waals surface area contributed by atoms with Crippen LogP contribution in [0.3, 0.4) is 0 Å². The minimum atomic E-state index is -0.542. The number of benzene rings is 3. The van der Waals surface area contributed by atoms with Crippen LogP contribution in [0, 0.1) is 0 Å². The summed E-state index contributed by atoms with van der Waals surface area (Å²) >= 11 is 5.94. The molecule has 4 rings (SSSR count). The summed E-state index contributed by atoms with van der Waals surface area (Å²) in [5.41, 5.74) is 4.78. The van der Waals surface area contributed by atoms with Gasteiger partial charge in [-0.1, -0.05) is 29.8 Å².